The third kappa shape index (κ3) is 4.79. The number of carbonyl (C=O) groups is 1. The van der Waals surface area contributed by atoms with E-state index in [9.17, 15) is 18.0 Å². The van der Waals surface area contributed by atoms with Crippen LogP contribution >= 0.6 is 0 Å². The molecule has 144 valence electrons. The number of ether oxygens (including phenoxy) is 1. The van der Waals surface area contributed by atoms with Gasteiger partial charge in [0, 0.05) is 11.9 Å². The summed E-state index contributed by atoms with van der Waals surface area (Å²) in [4.78, 5) is 16.1. The number of pyridine rings is 1. The maximum atomic E-state index is 13.2. The van der Waals surface area contributed by atoms with Crippen molar-refractivity contribution in [3.8, 4) is 11.6 Å². The lowest BCUT2D eigenvalue weighted by Crippen LogP contribution is -2.20. The van der Waals surface area contributed by atoms with Crippen LogP contribution in [0, 0.1) is 6.92 Å². The predicted octanol–water partition coefficient (Wildman–Crippen LogP) is 5.85. The lowest BCUT2D eigenvalue weighted by atomic mass is 10.2. The van der Waals surface area contributed by atoms with Gasteiger partial charge >= 0.3 is 12.2 Å². The van der Waals surface area contributed by atoms with E-state index in [0.29, 0.717) is 5.69 Å². The normalized spacial score (nSPS) is 11.0. The molecular weight excluding hydrogens is 371 g/mol. The average molecular weight is 387 g/mol. The van der Waals surface area contributed by atoms with Gasteiger partial charge in [0.15, 0.2) is 0 Å². The fourth-order valence-electron chi connectivity index (χ4n) is 2.38. The molecule has 0 radical (unpaired) electrons. The zero-order valence-electron chi connectivity index (χ0n) is 14.7. The maximum Gasteiger partial charge on any atom is 0.419 e. The lowest BCUT2D eigenvalue weighted by Gasteiger charge is -2.15. The zero-order chi connectivity index (χ0) is 20.1. The number of aryl methyl sites for hydroxylation is 1. The molecule has 0 aliphatic carbocycles. The van der Waals surface area contributed by atoms with Crippen molar-refractivity contribution in [2.24, 2.45) is 0 Å². The Morgan fingerprint density at radius 3 is 2.39 bits per heavy atom. The van der Waals surface area contributed by atoms with Crippen molar-refractivity contribution in [3.05, 3.63) is 78.0 Å². The van der Waals surface area contributed by atoms with Gasteiger partial charge in [-0.25, -0.2) is 9.78 Å². The van der Waals surface area contributed by atoms with Gasteiger partial charge in [0.2, 0.25) is 5.88 Å². The number of nitrogens with one attached hydrogen (secondary N) is 2. The van der Waals surface area contributed by atoms with Gasteiger partial charge in [-0.1, -0.05) is 29.8 Å². The van der Waals surface area contributed by atoms with Gasteiger partial charge in [0.25, 0.3) is 0 Å². The van der Waals surface area contributed by atoms with E-state index >= 15 is 0 Å². The van der Waals surface area contributed by atoms with E-state index in [0.717, 1.165) is 11.6 Å². The Labute approximate surface area is 159 Å². The Balaban J connectivity index is 1.79. The largest absolute Gasteiger partial charge is 0.436 e. The van der Waals surface area contributed by atoms with Gasteiger partial charge in [0.1, 0.15) is 11.4 Å². The summed E-state index contributed by atoms with van der Waals surface area (Å²) in [7, 11) is 0. The minimum Gasteiger partial charge on any atom is -0.436 e. The fourth-order valence-corrected chi connectivity index (χ4v) is 2.38. The first-order valence-electron chi connectivity index (χ1n) is 8.27. The highest BCUT2D eigenvalue weighted by molar-refractivity contribution is 6.00. The topological polar surface area (TPSA) is 63.2 Å². The van der Waals surface area contributed by atoms with Crippen LogP contribution in [0.3, 0.4) is 0 Å². The molecule has 2 N–H and O–H groups in total. The first-order valence-corrected chi connectivity index (χ1v) is 8.27. The molecule has 0 atom stereocenters. The molecule has 5 nitrogen and oxygen atoms in total. The van der Waals surface area contributed by atoms with E-state index < -0.39 is 23.5 Å². The van der Waals surface area contributed by atoms with Crippen molar-refractivity contribution < 1.29 is 22.7 Å². The van der Waals surface area contributed by atoms with Crippen LogP contribution in [0.15, 0.2) is 66.9 Å². The van der Waals surface area contributed by atoms with Crippen LogP contribution < -0.4 is 15.4 Å². The summed E-state index contributed by atoms with van der Waals surface area (Å²) in [6.45, 7) is 1.92. The molecule has 2 aromatic carbocycles. The minimum atomic E-state index is -4.58. The second-order valence-electron chi connectivity index (χ2n) is 5.90. The molecule has 0 saturated heterocycles. The number of amides is 2. The first-order chi connectivity index (χ1) is 13.3. The van der Waals surface area contributed by atoms with E-state index in [1.54, 1.807) is 12.1 Å². The molecule has 1 heterocycles. The Morgan fingerprint density at radius 2 is 1.68 bits per heavy atom. The molecule has 3 rings (SSSR count). The SMILES string of the molecule is Cc1ccc(NC(=O)Nc2cccnc2Oc2ccccc2C(F)(F)F)cc1. The van der Waals surface area contributed by atoms with Gasteiger partial charge in [0.05, 0.1) is 5.56 Å². The van der Waals surface area contributed by atoms with Crippen LogP contribution in [0.25, 0.3) is 0 Å². The summed E-state index contributed by atoms with van der Waals surface area (Å²) in [5, 5.41) is 5.16. The first kappa shape index (κ1) is 19.2. The maximum absolute atomic E-state index is 13.2. The summed E-state index contributed by atoms with van der Waals surface area (Å²) in [6, 6.07) is 14.4. The van der Waals surface area contributed by atoms with Gasteiger partial charge in [-0.05, 0) is 43.3 Å². The van der Waals surface area contributed by atoms with Gasteiger partial charge in [-0.15, -0.1) is 0 Å². The number of alkyl halides is 3. The minimum absolute atomic E-state index is 0.129. The smallest absolute Gasteiger partial charge is 0.419 e. The van der Waals surface area contributed by atoms with E-state index in [1.165, 1.54) is 36.5 Å². The Hall–Kier alpha value is -3.55. The highest BCUT2D eigenvalue weighted by atomic mass is 19.4. The van der Waals surface area contributed by atoms with Crippen molar-refractivity contribution >= 4 is 17.4 Å². The molecule has 0 aliphatic heterocycles. The lowest BCUT2D eigenvalue weighted by molar-refractivity contribution is -0.138. The molecule has 2 amide bonds. The monoisotopic (exact) mass is 387 g/mol. The Morgan fingerprint density at radius 1 is 0.964 bits per heavy atom. The fraction of sp³-hybridized carbons (Fsp3) is 0.100. The van der Waals surface area contributed by atoms with E-state index in [4.69, 9.17) is 4.74 Å². The van der Waals surface area contributed by atoms with Gasteiger partial charge in [-0.3, -0.25) is 0 Å². The van der Waals surface area contributed by atoms with Crippen molar-refractivity contribution in [1.82, 2.24) is 4.98 Å². The van der Waals surface area contributed by atoms with Crippen LogP contribution in [0.2, 0.25) is 0 Å². The quantitative estimate of drug-likeness (QED) is 0.591. The second-order valence-corrected chi connectivity index (χ2v) is 5.90. The van der Waals surface area contributed by atoms with E-state index in [1.807, 2.05) is 19.1 Å². The molecule has 3 aromatic rings. The highest BCUT2D eigenvalue weighted by Gasteiger charge is 2.34. The molecule has 0 spiro atoms. The second kappa shape index (κ2) is 7.99. The van der Waals surface area contributed by atoms with Crippen LogP contribution in [0.1, 0.15) is 11.1 Å². The van der Waals surface area contributed by atoms with Crippen LogP contribution in [-0.2, 0) is 6.18 Å². The third-order valence-electron chi connectivity index (χ3n) is 3.73. The molecule has 1 aromatic heterocycles. The van der Waals surface area contributed by atoms with Gasteiger partial charge in [-0.2, -0.15) is 13.2 Å². The number of rotatable bonds is 4. The molecule has 0 saturated carbocycles. The summed E-state index contributed by atoms with van der Waals surface area (Å²) >= 11 is 0. The van der Waals surface area contributed by atoms with Crippen molar-refractivity contribution in [1.29, 1.82) is 0 Å². The molecule has 0 unspecified atom stereocenters. The van der Waals surface area contributed by atoms with Crippen molar-refractivity contribution in [3.63, 3.8) is 0 Å². The number of hydrogen-bond donors (Lipinski definition) is 2. The number of hydrogen-bond acceptors (Lipinski definition) is 3. The third-order valence-corrected chi connectivity index (χ3v) is 3.73. The number of nitrogens with zero attached hydrogens (tertiary/aromatic N) is 1. The Bertz CT molecular complexity index is 973. The number of carbonyl (C=O) groups excluding carboxylic acids is 1. The number of benzene rings is 2. The molecule has 0 fully saturated rings. The van der Waals surface area contributed by atoms with E-state index in [-0.39, 0.29) is 11.6 Å². The van der Waals surface area contributed by atoms with Crippen LogP contribution in [-0.4, -0.2) is 11.0 Å². The zero-order valence-corrected chi connectivity index (χ0v) is 14.7. The summed E-state index contributed by atoms with van der Waals surface area (Å²) in [5.41, 5.74) is 0.800. The average Bonchev–Trinajstić information content (AvgIpc) is 2.65. The van der Waals surface area contributed by atoms with Gasteiger partial charge < -0.3 is 15.4 Å². The number of para-hydroxylation sites is 1. The van der Waals surface area contributed by atoms with Crippen LogP contribution in [0.4, 0.5) is 29.3 Å². The Kier molecular flexibility index (Phi) is 5.49. The molecule has 28 heavy (non-hydrogen) atoms. The predicted molar refractivity (Wildman–Crippen MR) is 99.6 cm³/mol. The highest BCUT2D eigenvalue weighted by Crippen LogP contribution is 2.38. The number of anilines is 2. The van der Waals surface area contributed by atoms with Crippen LogP contribution in [0.5, 0.6) is 11.6 Å². The molecule has 8 heteroatoms. The van der Waals surface area contributed by atoms with Crippen molar-refractivity contribution in [2.75, 3.05) is 10.6 Å². The summed E-state index contributed by atoms with van der Waals surface area (Å²) in [5.74, 6) is -0.561. The molecule has 0 aliphatic rings. The number of urea groups is 1. The molecular formula is C20H16F3N3O2. The summed E-state index contributed by atoms with van der Waals surface area (Å²) < 4.78 is 44.8. The number of aromatic nitrogens is 1. The summed E-state index contributed by atoms with van der Waals surface area (Å²) in [6.07, 6.45) is -3.23. The van der Waals surface area contributed by atoms with Crippen molar-refractivity contribution in [2.45, 2.75) is 13.1 Å². The molecule has 0 bridgehead atoms. The standard InChI is InChI=1S/C20H16F3N3O2/c1-13-8-10-14(11-9-13)25-19(27)26-16-6-4-12-24-18(16)28-17-7-3-2-5-15(17)20(21,22)23/h2-12H,1H3,(H2,25,26,27). The van der Waals surface area contributed by atoms with E-state index in [2.05, 4.69) is 15.6 Å². The number of halogens is 3.